The van der Waals surface area contributed by atoms with Crippen molar-refractivity contribution in [3.8, 4) is 0 Å². The van der Waals surface area contributed by atoms with Crippen LogP contribution in [-0.2, 0) is 0 Å². The van der Waals surface area contributed by atoms with Crippen molar-refractivity contribution in [1.29, 1.82) is 0 Å². The molecule has 0 fully saturated rings. The van der Waals surface area contributed by atoms with Crippen molar-refractivity contribution < 1.29 is 0 Å². The highest BCUT2D eigenvalue weighted by molar-refractivity contribution is 5.64. The standard InChI is InChI=1S/C13H14/c1-3-5-6-10-13-11-8-7-9-12(13)4-2/h3-11H,2H2,1H3/b5-3+,10-6+. The van der Waals surface area contributed by atoms with E-state index >= 15 is 0 Å². The molecule has 0 heteroatoms. The van der Waals surface area contributed by atoms with Gasteiger partial charge in [-0.1, -0.05) is 61.2 Å². The van der Waals surface area contributed by atoms with Crippen LogP contribution in [0.1, 0.15) is 18.1 Å². The average molecular weight is 170 g/mol. The van der Waals surface area contributed by atoms with Crippen LogP contribution in [0.4, 0.5) is 0 Å². The van der Waals surface area contributed by atoms with Gasteiger partial charge in [0.2, 0.25) is 0 Å². The molecule has 0 saturated carbocycles. The highest BCUT2D eigenvalue weighted by Crippen LogP contribution is 2.11. The minimum absolute atomic E-state index is 1.17. The van der Waals surface area contributed by atoms with Crippen LogP contribution >= 0.6 is 0 Å². The van der Waals surface area contributed by atoms with Crippen molar-refractivity contribution in [1.82, 2.24) is 0 Å². The molecular weight excluding hydrogens is 156 g/mol. The Morgan fingerprint density at radius 1 is 1.08 bits per heavy atom. The van der Waals surface area contributed by atoms with E-state index in [2.05, 4.69) is 24.8 Å². The molecule has 1 rings (SSSR count). The third kappa shape index (κ3) is 2.75. The molecule has 13 heavy (non-hydrogen) atoms. The second kappa shape index (κ2) is 5.15. The quantitative estimate of drug-likeness (QED) is 0.603. The van der Waals surface area contributed by atoms with E-state index in [4.69, 9.17) is 0 Å². The van der Waals surface area contributed by atoms with Crippen LogP contribution < -0.4 is 0 Å². The van der Waals surface area contributed by atoms with Gasteiger partial charge in [-0.3, -0.25) is 0 Å². The molecule has 0 aromatic heterocycles. The van der Waals surface area contributed by atoms with E-state index in [9.17, 15) is 0 Å². The molecule has 0 nitrogen and oxygen atoms in total. The Hall–Kier alpha value is -1.56. The van der Waals surface area contributed by atoms with Gasteiger partial charge in [0.1, 0.15) is 0 Å². The lowest BCUT2D eigenvalue weighted by atomic mass is 10.1. The first kappa shape index (κ1) is 9.53. The number of hydrogen-bond donors (Lipinski definition) is 0. The summed E-state index contributed by atoms with van der Waals surface area (Å²) < 4.78 is 0. The summed E-state index contributed by atoms with van der Waals surface area (Å²) in [5.74, 6) is 0. The summed E-state index contributed by atoms with van der Waals surface area (Å²) in [4.78, 5) is 0. The predicted octanol–water partition coefficient (Wildman–Crippen LogP) is 3.92. The van der Waals surface area contributed by atoms with Gasteiger partial charge in [0.25, 0.3) is 0 Å². The first-order chi connectivity index (χ1) is 6.38. The summed E-state index contributed by atoms with van der Waals surface area (Å²) in [5.41, 5.74) is 2.37. The minimum atomic E-state index is 1.17. The Balaban J connectivity index is 2.93. The van der Waals surface area contributed by atoms with Gasteiger partial charge in [0, 0.05) is 0 Å². The van der Waals surface area contributed by atoms with Crippen molar-refractivity contribution in [2.24, 2.45) is 0 Å². The molecule has 0 unspecified atom stereocenters. The van der Waals surface area contributed by atoms with Crippen LogP contribution in [0.5, 0.6) is 0 Å². The maximum atomic E-state index is 3.77. The zero-order chi connectivity index (χ0) is 9.52. The van der Waals surface area contributed by atoms with Gasteiger partial charge in [0.15, 0.2) is 0 Å². The topological polar surface area (TPSA) is 0 Å². The summed E-state index contributed by atoms with van der Waals surface area (Å²) in [6.07, 6.45) is 10.0. The van der Waals surface area contributed by atoms with Crippen LogP contribution in [0.15, 0.2) is 49.1 Å². The number of benzene rings is 1. The Bertz CT molecular complexity index is 330. The number of hydrogen-bond acceptors (Lipinski definition) is 0. The summed E-state index contributed by atoms with van der Waals surface area (Å²) in [7, 11) is 0. The molecule has 0 heterocycles. The summed E-state index contributed by atoms with van der Waals surface area (Å²) in [5, 5.41) is 0. The third-order valence-corrected chi connectivity index (χ3v) is 1.80. The van der Waals surface area contributed by atoms with E-state index in [1.54, 1.807) is 0 Å². The lowest BCUT2D eigenvalue weighted by molar-refractivity contribution is 1.61. The van der Waals surface area contributed by atoms with E-state index < -0.39 is 0 Å². The first-order valence-electron chi connectivity index (χ1n) is 4.39. The second-order valence-corrected chi connectivity index (χ2v) is 2.72. The van der Waals surface area contributed by atoms with Crippen molar-refractivity contribution >= 4 is 12.2 Å². The molecule has 0 radical (unpaired) electrons. The smallest absolute Gasteiger partial charge is 0.0184 e. The summed E-state index contributed by atoms with van der Waals surface area (Å²) in [6, 6.07) is 8.19. The zero-order valence-corrected chi connectivity index (χ0v) is 7.90. The van der Waals surface area contributed by atoms with Crippen molar-refractivity contribution in [3.05, 3.63) is 60.2 Å². The van der Waals surface area contributed by atoms with Gasteiger partial charge >= 0.3 is 0 Å². The molecule has 0 aliphatic rings. The molecule has 1 aromatic rings. The highest BCUT2D eigenvalue weighted by atomic mass is 14.0. The van der Waals surface area contributed by atoms with E-state index in [0.29, 0.717) is 0 Å². The highest BCUT2D eigenvalue weighted by Gasteiger charge is 1.90. The molecule has 0 amide bonds. The fourth-order valence-electron chi connectivity index (χ4n) is 1.12. The van der Waals surface area contributed by atoms with Crippen molar-refractivity contribution in [2.75, 3.05) is 0 Å². The molecule has 0 aliphatic heterocycles. The SMILES string of the molecule is C=Cc1ccccc1/C=C/C=C/C. The average Bonchev–Trinajstić information content (AvgIpc) is 2.19. The Labute approximate surface area is 79.9 Å². The molecule has 0 aliphatic carbocycles. The largest absolute Gasteiger partial charge is 0.0984 e. The fraction of sp³-hybridized carbons (Fsp3) is 0.0769. The van der Waals surface area contributed by atoms with E-state index in [1.165, 1.54) is 11.1 Å². The Morgan fingerprint density at radius 3 is 2.38 bits per heavy atom. The maximum Gasteiger partial charge on any atom is -0.0184 e. The zero-order valence-electron chi connectivity index (χ0n) is 7.90. The van der Waals surface area contributed by atoms with Gasteiger partial charge < -0.3 is 0 Å². The first-order valence-corrected chi connectivity index (χ1v) is 4.39. The Morgan fingerprint density at radius 2 is 1.77 bits per heavy atom. The van der Waals surface area contributed by atoms with Crippen molar-refractivity contribution in [2.45, 2.75) is 6.92 Å². The monoisotopic (exact) mass is 170 g/mol. The van der Waals surface area contributed by atoms with Gasteiger partial charge in [-0.2, -0.15) is 0 Å². The molecule has 66 valence electrons. The van der Waals surface area contributed by atoms with Crippen LogP contribution in [0.25, 0.3) is 12.2 Å². The van der Waals surface area contributed by atoms with E-state index in [1.807, 2.05) is 43.4 Å². The lowest BCUT2D eigenvalue weighted by Crippen LogP contribution is -1.77. The van der Waals surface area contributed by atoms with Gasteiger partial charge in [0.05, 0.1) is 0 Å². The van der Waals surface area contributed by atoms with Crippen LogP contribution in [0, 0.1) is 0 Å². The summed E-state index contributed by atoms with van der Waals surface area (Å²) in [6.45, 7) is 5.77. The second-order valence-electron chi connectivity index (χ2n) is 2.72. The van der Waals surface area contributed by atoms with Crippen LogP contribution in [-0.4, -0.2) is 0 Å². The minimum Gasteiger partial charge on any atom is -0.0984 e. The lowest BCUT2D eigenvalue weighted by Gasteiger charge is -1.97. The Kier molecular flexibility index (Phi) is 3.77. The molecule has 0 saturated heterocycles. The van der Waals surface area contributed by atoms with E-state index in [0.717, 1.165) is 0 Å². The van der Waals surface area contributed by atoms with Crippen molar-refractivity contribution in [3.63, 3.8) is 0 Å². The maximum absolute atomic E-state index is 3.77. The fourth-order valence-corrected chi connectivity index (χ4v) is 1.12. The van der Waals surface area contributed by atoms with Gasteiger partial charge in [-0.25, -0.2) is 0 Å². The number of allylic oxidation sites excluding steroid dienone is 3. The molecular formula is C13H14. The van der Waals surface area contributed by atoms with Crippen LogP contribution in [0.3, 0.4) is 0 Å². The molecule has 0 spiro atoms. The molecule has 1 aromatic carbocycles. The molecule has 0 bridgehead atoms. The van der Waals surface area contributed by atoms with Gasteiger partial charge in [-0.05, 0) is 18.1 Å². The summed E-state index contributed by atoms with van der Waals surface area (Å²) >= 11 is 0. The molecule has 0 atom stereocenters. The van der Waals surface area contributed by atoms with Crippen LogP contribution in [0.2, 0.25) is 0 Å². The predicted molar refractivity (Wildman–Crippen MR) is 60.4 cm³/mol. The van der Waals surface area contributed by atoms with E-state index in [-0.39, 0.29) is 0 Å². The normalized spacial score (nSPS) is 11.2. The third-order valence-electron chi connectivity index (χ3n) is 1.80. The number of rotatable bonds is 3. The van der Waals surface area contributed by atoms with Gasteiger partial charge in [-0.15, -0.1) is 0 Å². The molecule has 0 N–H and O–H groups in total.